The Morgan fingerprint density at radius 1 is 1.06 bits per heavy atom. The van der Waals surface area contributed by atoms with Gasteiger partial charge < -0.3 is 10.2 Å². The molecule has 0 bridgehead atoms. The van der Waals surface area contributed by atoms with E-state index in [1.165, 1.54) is 12.1 Å². The van der Waals surface area contributed by atoms with Crippen LogP contribution in [0.25, 0.3) is 28.2 Å². The maximum Gasteiger partial charge on any atom is 0.256 e. The minimum absolute atomic E-state index is 0.243. The molecule has 1 amide bonds. The molecule has 0 atom stereocenters. The minimum Gasteiger partial charge on any atom is -0.305 e. The van der Waals surface area contributed by atoms with Gasteiger partial charge in [0.05, 0.1) is 11.9 Å². The zero-order chi connectivity index (χ0) is 24.5. The number of aromatic nitrogens is 5. The van der Waals surface area contributed by atoms with Crippen molar-refractivity contribution in [3.8, 4) is 22.5 Å². The molecular weight excluding hydrogens is 445 g/mol. The average molecular weight is 470 g/mol. The predicted molar refractivity (Wildman–Crippen MR) is 132 cm³/mol. The van der Waals surface area contributed by atoms with Gasteiger partial charge in [-0.1, -0.05) is 12.1 Å². The first kappa shape index (κ1) is 22.4. The van der Waals surface area contributed by atoms with Gasteiger partial charge in [-0.15, -0.1) is 0 Å². The van der Waals surface area contributed by atoms with Gasteiger partial charge in [-0.25, -0.2) is 9.37 Å². The topological polar surface area (TPSA) is 80.3 Å². The van der Waals surface area contributed by atoms with E-state index in [4.69, 9.17) is 5.10 Å². The normalized spacial score (nSPS) is 11.3. The summed E-state index contributed by atoms with van der Waals surface area (Å²) in [5.41, 5.74) is 5.09. The molecule has 3 heterocycles. The van der Waals surface area contributed by atoms with Crippen LogP contribution in [-0.2, 0) is 13.6 Å². The first-order valence-corrected chi connectivity index (χ1v) is 11.1. The molecule has 5 rings (SSSR count). The number of nitrogens with zero attached hydrogens (tertiary/aromatic N) is 6. The highest BCUT2D eigenvalue weighted by Crippen LogP contribution is 2.30. The summed E-state index contributed by atoms with van der Waals surface area (Å²) in [5.74, 6) is -0.0955. The Balaban J connectivity index is 1.48. The molecule has 0 aliphatic carbocycles. The lowest BCUT2D eigenvalue weighted by molar-refractivity contribution is 0.102. The van der Waals surface area contributed by atoms with Gasteiger partial charge in [0, 0.05) is 36.5 Å². The number of carbonyl (C=O) groups excluding carboxylic acids is 1. The number of nitrogens with one attached hydrogen (secondary N) is 1. The molecule has 35 heavy (non-hydrogen) atoms. The van der Waals surface area contributed by atoms with Crippen molar-refractivity contribution in [2.24, 2.45) is 7.05 Å². The molecule has 0 aliphatic rings. The number of carbonyl (C=O) groups is 1. The molecule has 9 heteroatoms. The summed E-state index contributed by atoms with van der Waals surface area (Å²) >= 11 is 0. The molecule has 0 unspecified atom stereocenters. The summed E-state index contributed by atoms with van der Waals surface area (Å²) in [6.45, 7) is 0.739. The van der Waals surface area contributed by atoms with Crippen molar-refractivity contribution in [3.05, 3.63) is 90.0 Å². The van der Waals surface area contributed by atoms with E-state index in [1.807, 2.05) is 62.6 Å². The van der Waals surface area contributed by atoms with Crippen LogP contribution < -0.4 is 5.32 Å². The van der Waals surface area contributed by atoms with Crippen LogP contribution >= 0.6 is 0 Å². The highest BCUT2D eigenvalue weighted by Gasteiger charge is 2.16. The fourth-order valence-electron chi connectivity index (χ4n) is 3.96. The van der Waals surface area contributed by atoms with E-state index in [0.717, 1.165) is 23.2 Å². The molecule has 5 aromatic rings. The second-order valence-corrected chi connectivity index (χ2v) is 8.60. The summed E-state index contributed by atoms with van der Waals surface area (Å²) in [5, 5.41) is 12.2. The van der Waals surface area contributed by atoms with Crippen LogP contribution in [0.2, 0.25) is 0 Å². The number of rotatable bonds is 6. The van der Waals surface area contributed by atoms with Gasteiger partial charge in [0.2, 0.25) is 0 Å². The van der Waals surface area contributed by atoms with E-state index >= 15 is 0 Å². The van der Waals surface area contributed by atoms with Crippen molar-refractivity contribution in [2.75, 3.05) is 19.4 Å². The third-order valence-corrected chi connectivity index (χ3v) is 5.51. The van der Waals surface area contributed by atoms with Gasteiger partial charge in [-0.05, 0) is 68.2 Å². The number of aryl methyl sites for hydroxylation is 1. The molecule has 2 aromatic carbocycles. The molecule has 0 spiro atoms. The molecule has 0 aliphatic heterocycles. The van der Waals surface area contributed by atoms with Crippen LogP contribution in [0.1, 0.15) is 15.9 Å². The predicted octanol–water partition coefficient (Wildman–Crippen LogP) is 4.25. The summed E-state index contributed by atoms with van der Waals surface area (Å²) in [7, 11) is 5.79. The maximum atomic E-state index is 13.4. The summed E-state index contributed by atoms with van der Waals surface area (Å²) < 4.78 is 16.7. The second kappa shape index (κ2) is 9.11. The monoisotopic (exact) mass is 469 g/mol. The molecule has 0 radical (unpaired) electrons. The number of fused-ring (bicyclic) bond motifs is 1. The summed E-state index contributed by atoms with van der Waals surface area (Å²) in [6, 6.07) is 17.4. The number of anilines is 1. The van der Waals surface area contributed by atoms with Crippen molar-refractivity contribution in [1.29, 1.82) is 0 Å². The summed E-state index contributed by atoms with van der Waals surface area (Å²) in [6.07, 6.45) is 3.44. The van der Waals surface area contributed by atoms with Crippen LogP contribution in [-0.4, -0.2) is 49.3 Å². The lowest BCUT2D eigenvalue weighted by Crippen LogP contribution is -2.15. The molecule has 0 fully saturated rings. The third kappa shape index (κ3) is 4.67. The van der Waals surface area contributed by atoms with Crippen LogP contribution in [0.5, 0.6) is 0 Å². The Kier molecular flexibility index (Phi) is 5.84. The Bertz CT molecular complexity index is 1520. The number of hydrogen-bond donors (Lipinski definition) is 1. The largest absolute Gasteiger partial charge is 0.305 e. The standard InChI is InChI=1S/C26H24FN7O/c1-32(2)15-17-5-4-6-19(13-17)26(35)29-24-14-28-23-12-11-22(30-34(23)24)21-16-33(3)31-25(21)18-7-9-20(27)10-8-18/h4-14,16H,15H2,1-3H3,(H,29,35). The maximum absolute atomic E-state index is 13.4. The highest BCUT2D eigenvalue weighted by molar-refractivity contribution is 6.04. The Morgan fingerprint density at radius 2 is 1.86 bits per heavy atom. The van der Waals surface area contributed by atoms with Crippen molar-refractivity contribution >= 4 is 17.4 Å². The van der Waals surface area contributed by atoms with E-state index < -0.39 is 0 Å². The summed E-state index contributed by atoms with van der Waals surface area (Å²) in [4.78, 5) is 19.4. The van der Waals surface area contributed by atoms with Crippen molar-refractivity contribution in [1.82, 2.24) is 29.3 Å². The van der Waals surface area contributed by atoms with Gasteiger partial charge in [-0.2, -0.15) is 14.7 Å². The molecule has 8 nitrogen and oxygen atoms in total. The SMILES string of the molecule is CN(C)Cc1cccc(C(=O)Nc2cnc3ccc(-c4cn(C)nc4-c4ccc(F)cc4)nn23)c1. The minimum atomic E-state index is -0.308. The van der Waals surface area contributed by atoms with Crippen molar-refractivity contribution in [2.45, 2.75) is 6.54 Å². The van der Waals surface area contributed by atoms with E-state index in [2.05, 4.69) is 15.4 Å². The fraction of sp³-hybridized carbons (Fsp3) is 0.154. The fourth-order valence-corrected chi connectivity index (χ4v) is 3.96. The molecule has 176 valence electrons. The molecular formula is C26H24FN7O. The van der Waals surface area contributed by atoms with E-state index in [9.17, 15) is 9.18 Å². The first-order valence-electron chi connectivity index (χ1n) is 11.1. The molecule has 0 saturated heterocycles. The quantitative estimate of drug-likeness (QED) is 0.402. The van der Waals surface area contributed by atoms with Crippen LogP contribution in [0.15, 0.2) is 73.1 Å². The van der Waals surface area contributed by atoms with E-state index in [-0.39, 0.29) is 11.7 Å². The van der Waals surface area contributed by atoms with Crippen molar-refractivity contribution in [3.63, 3.8) is 0 Å². The zero-order valence-corrected chi connectivity index (χ0v) is 19.6. The second-order valence-electron chi connectivity index (χ2n) is 8.60. The van der Waals surface area contributed by atoms with Gasteiger partial charge in [0.25, 0.3) is 5.91 Å². The lowest BCUT2D eigenvalue weighted by atomic mass is 10.1. The number of halogens is 1. The van der Waals surface area contributed by atoms with Gasteiger partial charge in [0.1, 0.15) is 11.5 Å². The third-order valence-electron chi connectivity index (χ3n) is 5.51. The zero-order valence-electron chi connectivity index (χ0n) is 19.6. The average Bonchev–Trinajstić information content (AvgIpc) is 3.42. The molecule has 0 saturated carbocycles. The highest BCUT2D eigenvalue weighted by atomic mass is 19.1. The number of amides is 1. The molecule has 3 aromatic heterocycles. The number of imidazole rings is 1. The lowest BCUT2D eigenvalue weighted by Gasteiger charge is -2.11. The van der Waals surface area contributed by atoms with Crippen LogP contribution in [0, 0.1) is 5.82 Å². The van der Waals surface area contributed by atoms with E-state index in [0.29, 0.717) is 28.4 Å². The Morgan fingerprint density at radius 3 is 2.63 bits per heavy atom. The first-order chi connectivity index (χ1) is 16.9. The van der Waals surface area contributed by atoms with Crippen molar-refractivity contribution < 1.29 is 9.18 Å². The van der Waals surface area contributed by atoms with Gasteiger partial charge in [-0.3, -0.25) is 9.48 Å². The Labute approximate surface area is 201 Å². The number of benzene rings is 2. The van der Waals surface area contributed by atoms with Crippen LogP contribution in [0.4, 0.5) is 10.2 Å². The van der Waals surface area contributed by atoms with Gasteiger partial charge in [0.15, 0.2) is 11.5 Å². The molecule has 1 N–H and O–H groups in total. The van der Waals surface area contributed by atoms with Gasteiger partial charge >= 0.3 is 0 Å². The Hall–Kier alpha value is -4.37. The van der Waals surface area contributed by atoms with E-state index in [1.54, 1.807) is 33.6 Å². The smallest absolute Gasteiger partial charge is 0.256 e. The van der Waals surface area contributed by atoms with Crippen LogP contribution in [0.3, 0.4) is 0 Å². The number of hydrogen-bond acceptors (Lipinski definition) is 5.